The summed E-state index contributed by atoms with van der Waals surface area (Å²) < 4.78 is 5.82. The van der Waals surface area contributed by atoms with Crippen LogP contribution >= 0.6 is 22.9 Å². The lowest BCUT2D eigenvalue weighted by atomic mass is 9.85. The van der Waals surface area contributed by atoms with Crippen LogP contribution < -0.4 is 0 Å². The van der Waals surface area contributed by atoms with Gasteiger partial charge in [0, 0.05) is 17.5 Å². The maximum absolute atomic E-state index is 12.1. The number of hydrogen-bond acceptors (Lipinski definition) is 4. The van der Waals surface area contributed by atoms with Crippen molar-refractivity contribution < 1.29 is 9.53 Å². The maximum atomic E-state index is 12.1. The average molecular weight is 314 g/mol. The fourth-order valence-electron chi connectivity index (χ4n) is 3.76. The zero-order chi connectivity index (χ0) is 14.1. The molecule has 3 nitrogen and oxygen atoms in total. The van der Waals surface area contributed by atoms with Crippen molar-refractivity contribution in [2.24, 2.45) is 5.92 Å². The third-order valence-electron chi connectivity index (χ3n) is 4.66. The normalized spacial score (nSPS) is 30.2. The molecule has 20 heavy (non-hydrogen) atoms. The summed E-state index contributed by atoms with van der Waals surface area (Å²) in [7, 11) is 1.49. The highest BCUT2D eigenvalue weighted by molar-refractivity contribution is 7.16. The van der Waals surface area contributed by atoms with Crippen LogP contribution in [0.1, 0.15) is 37.0 Å². The van der Waals surface area contributed by atoms with Gasteiger partial charge < -0.3 is 4.74 Å². The number of ether oxygens (including phenoxy) is 1. The molecule has 0 aromatic carbocycles. The van der Waals surface area contributed by atoms with Crippen molar-refractivity contribution >= 4 is 28.9 Å². The molecule has 1 saturated heterocycles. The first-order valence-corrected chi connectivity index (χ1v) is 8.46. The first kappa shape index (κ1) is 14.4. The number of likely N-dealkylation sites (tertiary alicyclic amines) is 1. The fraction of sp³-hybridized carbons (Fsp3) is 0.667. The summed E-state index contributed by atoms with van der Waals surface area (Å²) in [6.07, 6.45) is 5.98. The van der Waals surface area contributed by atoms with Gasteiger partial charge in [0.05, 0.1) is 11.4 Å². The van der Waals surface area contributed by atoms with Crippen LogP contribution in [0.25, 0.3) is 0 Å². The molecule has 3 rings (SSSR count). The van der Waals surface area contributed by atoms with Gasteiger partial charge in [-0.2, -0.15) is 0 Å². The van der Waals surface area contributed by atoms with Gasteiger partial charge in [-0.25, -0.2) is 0 Å². The number of thiophene rings is 1. The van der Waals surface area contributed by atoms with Crippen molar-refractivity contribution in [1.82, 2.24) is 4.90 Å². The Morgan fingerprint density at radius 1 is 1.45 bits per heavy atom. The number of halogens is 1. The summed E-state index contributed by atoms with van der Waals surface area (Å²) in [5.74, 6) is 0.574. The fourth-order valence-corrected chi connectivity index (χ4v) is 4.86. The van der Waals surface area contributed by atoms with E-state index in [0.717, 1.165) is 17.3 Å². The van der Waals surface area contributed by atoms with Gasteiger partial charge in [0.2, 0.25) is 0 Å². The molecule has 3 atom stereocenters. The number of esters is 1. The predicted molar refractivity (Wildman–Crippen MR) is 81.0 cm³/mol. The molecule has 110 valence electrons. The number of carbonyl (C=O) groups is 1. The van der Waals surface area contributed by atoms with Gasteiger partial charge in [-0.05, 0) is 37.3 Å². The van der Waals surface area contributed by atoms with Crippen LogP contribution in [0.4, 0.5) is 0 Å². The van der Waals surface area contributed by atoms with Crippen molar-refractivity contribution in [3.05, 3.63) is 21.3 Å². The van der Waals surface area contributed by atoms with Crippen LogP contribution in [0.15, 0.2) is 12.1 Å². The second-order valence-electron chi connectivity index (χ2n) is 5.76. The first-order valence-electron chi connectivity index (χ1n) is 7.27. The molecule has 2 fully saturated rings. The van der Waals surface area contributed by atoms with Gasteiger partial charge in [0.25, 0.3) is 0 Å². The molecule has 2 heterocycles. The number of hydrogen-bond donors (Lipinski definition) is 0. The van der Waals surface area contributed by atoms with Crippen LogP contribution in [0.3, 0.4) is 0 Å². The molecule has 0 spiro atoms. The highest BCUT2D eigenvalue weighted by Gasteiger charge is 2.45. The minimum Gasteiger partial charge on any atom is -0.468 e. The molecule has 2 aliphatic rings. The molecule has 0 radical (unpaired) electrons. The first-order chi connectivity index (χ1) is 9.69. The molecule has 1 aliphatic heterocycles. The van der Waals surface area contributed by atoms with E-state index in [2.05, 4.69) is 11.0 Å². The van der Waals surface area contributed by atoms with Crippen LogP contribution in [-0.2, 0) is 16.1 Å². The maximum Gasteiger partial charge on any atom is 0.323 e. The Bertz CT molecular complexity index is 490. The quantitative estimate of drug-likeness (QED) is 0.797. The summed E-state index contributed by atoms with van der Waals surface area (Å²) in [6.45, 7) is 0.818. The molecule has 1 aromatic heterocycles. The molecule has 0 amide bonds. The standard InChI is InChI=1S/C15H20ClNO2S/c1-19-15(18)13-8-10-4-2-3-5-12(10)17(13)9-11-6-7-14(16)20-11/h6-7,10,12-13H,2-5,8-9H2,1H3/t10-,12-,13-/m0/s1. The third-order valence-corrected chi connectivity index (χ3v) is 5.88. The number of carbonyl (C=O) groups excluding carboxylic acids is 1. The van der Waals surface area contributed by atoms with E-state index in [4.69, 9.17) is 16.3 Å². The van der Waals surface area contributed by atoms with Gasteiger partial charge in [-0.3, -0.25) is 9.69 Å². The zero-order valence-electron chi connectivity index (χ0n) is 11.7. The predicted octanol–water partition coefficient (Wildman–Crippen LogP) is 3.71. The van der Waals surface area contributed by atoms with Gasteiger partial charge in [0.1, 0.15) is 6.04 Å². The Morgan fingerprint density at radius 3 is 2.95 bits per heavy atom. The number of nitrogens with zero attached hydrogens (tertiary/aromatic N) is 1. The van der Waals surface area contributed by atoms with Crippen LogP contribution in [0, 0.1) is 5.92 Å². The van der Waals surface area contributed by atoms with Crippen molar-refractivity contribution in [2.75, 3.05) is 7.11 Å². The molecule has 0 N–H and O–H groups in total. The molecule has 0 bridgehead atoms. The monoisotopic (exact) mass is 313 g/mol. The Labute approximate surface area is 128 Å². The summed E-state index contributed by atoms with van der Waals surface area (Å²) in [4.78, 5) is 15.7. The summed E-state index contributed by atoms with van der Waals surface area (Å²) in [6, 6.07) is 4.46. The van der Waals surface area contributed by atoms with E-state index in [9.17, 15) is 4.79 Å². The topological polar surface area (TPSA) is 29.5 Å². The van der Waals surface area contributed by atoms with E-state index in [1.807, 2.05) is 6.07 Å². The van der Waals surface area contributed by atoms with Crippen LogP contribution in [0.5, 0.6) is 0 Å². The lowest BCUT2D eigenvalue weighted by Crippen LogP contribution is -2.41. The number of methoxy groups -OCH3 is 1. The van der Waals surface area contributed by atoms with Crippen LogP contribution in [-0.4, -0.2) is 30.1 Å². The minimum atomic E-state index is -0.0814. The number of rotatable bonds is 3. The lowest BCUT2D eigenvalue weighted by molar-refractivity contribution is -0.146. The second-order valence-corrected chi connectivity index (χ2v) is 7.56. The average Bonchev–Trinajstić information content (AvgIpc) is 3.03. The Hall–Kier alpha value is -0.580. The zero-order valence-corrected chi connectivity index (χ0v) is 13.3. The molecular weight excluding hydrogens is 294 g/mol. The summed E-state index contributed by atoms with van der Waals surface area (Å²) >= 11 is 7.62. The van der Waals surface area contributed by atoms with Crippen molar-refractivity contribution in [1.29, 1.82) is 0 Å². The van der Waals surface area contributed by atoms with E-state index in [1.165, 1.54) is 37.7 Å². The Balaban J connectivity index is 1.80. The number of fused-ring (bicyclic) bond motifs is 1. The lowest BCUT2D eigenvalue weighted by Gasteiger charge is -2.32. The molecule has 5 heteroatoms. The third kappa shape index (κ3) is 2.74. The molecule has 1 aromatic rings. The largest absolute Gasteiger partial charge is 0.468 e. The highest BCUT2D eigenvalue weighted by Crippen LogP contribution is 2.41. The van der Waals surface area contributed by atoms with Crippen molar-refractivity contribution in [3.63, 3.8) is 0 Å². The van der Waals surface area contributed by atoms with Crippen molar-refractivity contribution in [3.8, 4) is 0 Å². The van der Waals surface area contributed by atoms with Gasteiger partial charge in [-0.15, -0.1) is 11.3 Å². The summed E-state index contributed by atoms with van der Waals surface area (Å²) in [5, 5.41) is 0. The van der Waals surface area contributed by atoms with Crippen molar-refractivity contribution in [2.45, 2.75) is 50.7 Å². The SMILES string of the molecule is COC(=O)[C@@H]1C[C@@H]2CCCC[C@@H]2N1Cc1ccc(Cl)s1. The molecule has 0 unspecified atom stereocenters. The van der Waals surface area contributed by atoms with E-state index in [0.29, 0.717) is 12.0 Å². The van der Waals surface area contributed by atoms with Gasteiger partial charge in [-0.1, -0.05) is 24.4 Å². The molecule has 1 aliphatic carbocycles. The Kier molecular flexibility index (Phi) is 4.34. The smallest absolute Gasteiger partial charge is 0.323 e. The van der Waals surface area contributed by atoms with Crippen LogP contribution in [0.2, 0.25) is 4.34 Å². The second kappa shape index (κ2) is 6.04. The highest BCUT2D eigenvalue weighted by atomic mass is 35.5. The Morgan fingerprint density at radius 2 is 2.25 bits per heavy atom. The van der Waals surface area contributed by atoms with E-state index in [-0.39, 0.29) is 12.0 Å². The van der Waals surface area contributed by atoms with E-state index in [1.54, 1.807) is 11.3 Å². The van der Waals surface area contributed by atoms with Gasteiger partial charge >= 0.3 is 5.97 Å². The van der Waals surface area contributed by atoms with E-state index < -0.39 is 0 Å². The molecular formula is C15H20ClNO2S. The van der Waals surface area contributed by atoms with E-state index >= 15 is 0 Å². The minimum absolute atomic E-state index is 0.0750. The van der Waals surface area contributed by atoms with Gasteiger partial charge in [0.15, 0.2) is 0 Å². The summed E-state index contributed by atoms with van der Waals surface area (Å²) in [5.41, 5.74) is 0. The molecule has 1 saturated carbocycles.